The maximum absolute atomic E-state index is 12.2. The number of nitrogens with one attached hydrogen (secondary N) is 1. The number of ether oxygens (including phenoxy) is 1. The van der Waals surface area contributed by atoms with Gasteiger partial charge in [-0.05, 0) is 43.4 Å². The van der Waals surface area contributed by atoms with Gasteiger partial charge in [0.2, 0.25) is 0 Å². The van der Waals surface area contributed by atoms with Crippen LogP contribution in [0.2, 0.25) is 0 Å². The third-order valence-electron chi connectivity index (χ3n) is 3.73. The van der Waals surface area contributed by atoms with Crippen LogP contribution in [-0.2, 0) is 0 Å². The minimum atomic E-state index is -0.527. The van der Waals surface area contributed by atoms with Crippen molar-refractivity contribution in [1.29, 1.82) is 0 Å². The van der Waals surface area contributed by atoms with Crippen molar-refractivity contribution in [2.45, 2.75) is 31.9 Å². The third kappa shape index (κ3) is 4.36. The zero-order chi connectivity index (χ0) is 15.4. The first-order valence-corrected chi connectivity index (χ1v) is 7.35. The standard InChI is InChI=1S/C16H24N2O3/c1-11(19)10-18(2)16(20)17-15(12-4-5-12)13-6-8-14(21-3)9-7-13/h6-9,11-12,15,19H,4-5,10H2,1-3H3,(H,17,20). The first-order valence-electron chi connectivity index (χ1n) is 7.35. The van der Waals surface area contributed by atoms with Gasteiger partial charge in [0, 0.05) is 13.6 Å². The molecule has 0 spiro atoms. The van der Waals surface area contributed by atoms with Crippen molar-refractivity contribution in [2.75, 3.05) is 20.7 Å². The summed E-state index contributed by atoms with van der Waals surface area (Å²) in [7, 11) is 3.33. The van der Waals surface area contributed by atoms with E-state index in [2.05, 4.69) is 5.32 Å². The lowest BCUT2D eigenvalue weighted by atomic mass is 10.0. The molecule has 2 atom stereocenters. The van der Waals surface area contributed by atoms with E-state index >= 15 is 0 Å². The molecule has 1 aliphatic carbocycles. The fourth-order valence-corrected chi connectivity index (χ4v) is 2.44. The van der Waals surface area contributed by atoms with Gasteiger partial charge >= 0.3 is 6.03 Å². The second kappa shape index (κ2) is 6.80. The van der Waals surface area contributed by atoms with Crippen LogP contribution in [0.1, 0.15) is 31.4 Å². The largest absolute Gasteiger partial charge is 0.497 e. The average molecular weight is 292 g/mol. The molecule has 1 fully saturated rings. The molecule has 0 heterocycles. The minimum Gasteiger partial charge on any atom is -0.497 e. The molecule has 2 amide bonds. The number of carbonyl (C=O) groups is 1. The SMILES string of the molecule is COc1ccc(C(NC(=O)N(C)CC(C)O)C2CC2)cc1. The highest BCUT2D eigenvalue weighted by Crippen LogP contribution is 2.41. The van der Waals surface area contributed by atoms with Crippen molar-refractivity contribution in [3.63, 3.8) is 0 Å². The summed E-state index contributed by atoms with van der Waals surface area (Å²) in [5, 5.41) is 12.4. The molecule has 0 aliphatic heterocycles. The lowest BCUT2D eigenvalue weighted by Gasteiger charge is -2.25. The summed E-state index contributed by atoms with van der Waals surface area (Å²) >= 11 is 0. The molecule has 1 aromatic rings. The van der Waals surface area contributed by atoms with E-state index in [1.54, 1.807) is 21.1 Å². The molecule has 0 aromatic heterocycles. The van der Waals surface area contributed by atoms with E-state index in [1.807, 2.05) is 24.3 Å². The summed E-state index contributed by atoms with van der Waals surface area (Å²) < 4.78 is 5.16. The van der Waals surface area contributed by atoms with E-state index in [9.17, 15) is 9.90 Å². The van der Waals surface area contributed by atoms with Crippen molar-refractivity contribution in [1.82, 2.24) is 10.2 Å². The molecule has 1 aromatic carbocycles. The second-order valence-electron chi connectivity index (χ2n) is 5.77. The molecule has 21 heavy (non-hydrogen) atoms. The van der Waals surface area contributed by atoms with Gasteiger partial charge in [0.05, 0.1) is 19.3 Å². The summed E-state index contributed by atoms with van der Waals surface area (Å²) in [4.78, 5) is 13.7. The van der Waals surface area contributed by atoms with E-state index in [1.165, 1.54) is 4.90 Å². The predicted octanol–water partition coefficient (Wildman–Crippen LogP) is 2.17. The zero-order valence-corrected chi connectivity index (χ0v) is 12.9. The smallest absolute Gasteiger partial charge is 0.317 e. The van der Waals surface area contributed by atoms with Crippen molar-refractivity contribution in [2.24, 2.45) is 5.92 Å². The van der Waals surface area contributed by atoms with Crippen LogP contribution in [0.4, 0.5) is 4.79 Å². The maximum atomic E-state index is 12.2. The molecule has 1 saturated carbocycles. The van der Waals surface area contributed by atoms with Gasteiger partial charge in [0.15, 0.2) is 0 Å². The first-order chi connectivity index (χ1) is 10.0. The Morgan fingerprint density at radius 2 is 2.05 bits per heavy atom. The molecule has 2 N–H and O–H groups in total. The van der Waals surface area contributed by atoms with Crippen LogP contribution in [0, 0.1) is 5.92 Å². The number of likely N-dealkylation sites (N-methyl/N-ethyl adjacent to an activating group) is 1. The number of hydrogen-bond acceptors (Lipinski definition) is 3. The van der Waals surface area contributed by atoms with Gasteiger partial charge in [0.1, 0.15) is 5.75 Å². The highest BCUT2D eigenvalue weighted by atomic mass is 16.5. The Kier molecular flexibility index (Phi) is 5.07. The fourth-order valence-electron chi connectivity index (χ4n) is 2.44. The molecule has 0 bridgehead atoms. The molecular weight excluding hydrogens is 268 g/mol. The summed E-state index contributed by atoms with van der Waals surface area (Å²) in [6.07, 6.45) is 1.75. The van der Waals surface area contributed by atoms with E-state index in [0.717, 1.165) is 24.2 Å². The first kappa shape index (κ1) is 15.6. The van der Waals surface area contributed by atoms with Crippen LogP contribution >= 0.6 is 0 Å². The highest BCUT2D eigenvalue weighted by Gasteiger charge is 2.34. The van der Waals surface area contributed by atoms with Crippen molar-refractivity contribution in [3.05, 3.63) is 29.8 Å². The molecule has 2 unspecified atom stereocenters. The normalized spacial score (nSPS) is 17.0. The van der Waals surface area contributed by atoms with Crippen molar-refractivity contribution < 1.29 is 14.6 Å². The van der Waals surface area contributed by atoms with Crippen LogP contribution in [0.5, 0.6) is 5.75 Å². The molecule has 0 radical (unpaired) electrons. The van der Waals surface area contributed by atoms with Crippen LogP contribution in [0.25, 0.3) is 0 Å². The number of carbonyl (C=O) groups excluding carboxylic acids is 1. The van der Waals surface area contributed by atoms with Crippen LogP contribution < -0.4 is 10.1 Å². The van der Waals surface area contributed by atoms with Crippen molar-refractivity contribution >= 4 is 6.03 Å². The number of aliphatic hydroxyl groups is 1. The van der Waals surface area contributed by atoms with Gasteiger partial charge < -0.3 is 20.1 Å². The van der Waals surface area contributed by atoms with Crippen LogP contribution in [0.3, 0.4) is 0 Å². The van der Waals surface area contributed by atoms with Crippen LogP contribution in [-0.4, -0.2) is 42.8 Å². The Bertz CT molecular complexity index is 469. The van der Waals surface area contributed by atoms with Gasteiger partial charge in [-0.3, -0.25) is 0 Å². The topological polar surface area (TPSA) is 61.8 Å². The van der Waals surface area contributed by atoms with E-state index in [4.69, 9.17) is 4.74 Å². The predicted molar refractivity (Wildman–Crippen MR) is 81.3 cm³/mol. The maximum Gasteiger partial charge on any atom is 0.317 e. The lowest BCUT2D eigenvalue weighted by molar-refractivity contribution is 0.142. The lowest BCUT2D eigenvalue weighted by Crippen LogP contribution is -2.42. The number of aliphatic hydroxyl groups excluding tert-OH is 1. The number of nitrogens with zero attached hydrogens (tertiary/aromatic N) is 1. The molecule has 5 heteroatoms. The monoisotopic (exact) mass is 292 g/mol. The zero-order valence-electron chi connectivity index (χ0n) is 12.9. The average Bonchev–Trinajstić information content (AvgIpc) is 3.28. The summed E-state index contributed by atoms with van der Waals surface area (Å²) in [6.45, 7) is 2.00. The number of benzene rings is 1. The van der Waals surface area contributed by atoms with Crippen molar-refractivity contribution in [3.8, 4) is 5.75 Å². The van der Waals surface area contributed by atoms with Gasteiger partial charge in [-0.1, -0.05) is 12.1 Å². The van der Waals surface area contributed by atoms with Gasteiger partial charge in [-0.25, -0.2) is 4.79 Å². The number of amides is 2. The Morgan fingerprint density at radius 1 is 1.43 bits per heavy atom. The molecule has 1 aliphatic rings. The Balaban J connectivity index is 2.03. The van der Waals surface area contributed by atoms with E-state index in [0.29, 0.717) is 12.5 Å². The fraction of sp³-hybridized carbons (Fsp3) is 0.562. The third-order valence-corrected chi connectivity index (χ3v) is 3.73. The second-order valence-corrected chi connectivity index (χ2v) is 5.77. The molecular formula is C16H24N2O3. The molecule has 2 rings (SSSR count). The van der Waals surface area contributed by atoms with Gasteiger partial charge in [0.25, 0.3) is 0 Å². The number of methoxy groups -OCH3 is 1. The number of hydrogen-bond donors (Lipinski definition) is 2. The molecule has 5 nitrogen and oxygen atoms in total. The molecule has 0 saturated heterocycles. The number of urea groups is 1. The van der Waals surface area contributed by atoms with E-state index in [-0.39, 0.29) is 12.1 Å². The summed E-state index contributed by atoms with van der Waals surface area (Å²) in [5.74, 6) is 1.31. The minimum absolute atomic E-state index is 0.0276. The van der Waals surface area contributed by atoms with Crippen LogP contribution in [0.15, 0.2) is 24.3 Å². The quantitative estimate of drug-likeness (QED) is 0.844. The summed E-state index contributed by atoms with van der Waals surface area (Å²) in [5.41, 5.74) is 1.09. The highest BCUT2D eigenvalue weighted by molar-refractivity contribution is 5.74. The van der Waals surface area contributed by atoms with Gasteiger partial charge in [-0.15, -0.1) is 0 Å². The Morgan fingerprint density at radius 3 is 2.52 bits per heavy atom. The summed E-state index contributed by atoms with van der Waals surface area (Å²) in [6, 6.07) is 7.70. The Labute approximate surface area is 125 Å². The van der Waals surface area contributed by atoms with Gasteiger partial charge in [-0.2, -0.15) is 0 Å². The Hall–Kier alpha value is -1.75. The van der Waals surface area contributed by atoms with E-state index < -0.39 is 6.10 Å². The number of rotatable bonds is 6. The molecule has 116 valence electrons.